The smallest absolute Gasteiger partial charge is 0.220 e. The molecule has 1 rings (SSSR count). The van der Waals surface area contributed by atoms with Gasteiger partial charge in [0.25, 0.3) is 0 Å². The summed E-state index contributed by atoms with van der Waals surface area (Å²) in [6, 6.07) is -0.721. The molecule has 69 heavy (non-hydrogen) atoms. The predicted octanol–water partition coefficient (Wildman–Crippen LogP) is 15.2. The van der Waals surface area contributed by atoms with Gasteiger partial charge in [-0.05, 0) is 38.5 Å². The molecule has 0 bridgehead atoms. The topological polar surface area (TPSA) is 149 Å². The Morgan fingerprint density at radius 2 is 0.812 bits per heavy atom. The van der Waals surface area contributed by atoms with Gasteiger partial charge in [-0.2, -0.15) is 0 Å². The Labute approximate surface area is 426 Å². The number of unbranched alkanes of at least 4 members (excludes halogenated alkanes) is 41. The first-order valence-electron chi connectivity index (χ1n) is 30.4. The van der Waals surface area contributed by atoms with E-state index >= 15 is 0 Å². The Bertz CT molecular complexity index is 1090. The molecule has 1 aliphatic heterocycles. The number of nitrogens with one attached hydrogen (secondary N) is 1. The van der Waals surface area contributed by atoms with Crippen LogP contribution in [0.4, 0.5) is 0 Å². The van der Waals surface area contributed by atoms with Gasteiger partial charge >= 0.3 is 0 Å². The first-order chi connectivity index (χ1) is 33.8. The Balaban J connectivity index is 2.12. The molecule has 7 unspecified atom stereocenters. The second-order valence-electron chi connectivity index (χ2n) is 21.5. The van der Waals surface area contributed by atoms with Gasteiger partial charge in [-0.25, -0.2) is 0 Å². The predicted molar refractivity (Wildman–Crippen MR) is 291 cm³/mol. The zero-order valence-corrected chi connectivity index (χ0v) is 45.6. The molecule has 1 heterocycles. The summed E-state index contributed by atoms with van der Waals surface area (Å²) in [6.45, 7) is 3.86. The van der Waals surface area contributed by atoms with Crippen molar-refractivity contribution in [3.8, 4) is 0 Å². The Kier molecular flexibility index (Phi) is 48.2. The summed E-state index contributed by atoms with van der Waals surface area (Å²) in [5.41, 5.74) is 0. The van der Waals surface area contributed by atoms with Gasteiger partial charge in [-0.1, -0.05) is 276 Å². The number of carbonyl (C=O) groups excluding carboxylic acids is 1. The van der Waals surface area contributed by atoms with Crippen molar-refractivity contribution >= 4 is 5.91 Å². The third-order valence-corrected chi connectivity index (χ3v) is 14.9. The van der Waals surface area contributed by atoms with E-state index in [-0.39, 0.29) is 12.5 Å². The van der Waals surface area contributed by atoms with E-state index < -0.39 is 49.5 Å². The van der Waals surface area contributed by atoms with Crippen molar-refractivity contribution in [2.45, 2.75) is 352 Å². The first kappa shape index (κ1) is 65.9. The maximum Gasteiger partial charge on any atom is 0.220 e. The molecule has 1 aliphatic rings. The van der Waals surface area contributed by atoms with Crippen molar-refractivity contribution in [2.24, 2.45) is 0 Å². The summed E-state index contributed by atoms with van der Waals surface area (Å²) in [5.74, 6) is -0.148. The number of hydrogen-bond donors (Lipinski definition) is 6. The molecular weight excluding hydrogens is 863 g/mol. The molecule has 0 aromatic heterocycles. The average Bonchev–Trinajstić information content (AvgIpc) is 3.35. The Morgan fingerprint density at radius 3 is 1.17 bits per heavy atom. The van der Waals surface area contributed by atoms with Crippen LogP contribution >= 0.6 is 0 Å². The van der Waals surface area contributed by atoms with Gasteiger partial charge in [0.05, 0.1) is 25.4 Å². The first-order valence-corrected chi connectivity index (χ1v) is 30.4. The number of hydrogen-bond acceptors (Lipinski definition) is 8. The summed E-state index contributed by atoms with van der Waals surface area (Å²) in [6.07, 6.45) is 55.5. The normalized spacial score (nSPS) is 19.4. The van der Waals surface area contributed by atoms with E-state index in [9.17, 15) is 30.3 Å². The van der Waals surface area contributed by atoms with E-state index in [1.165, 1.54) is 231 Å². The van der Waals surface area contributed by atoms with Crippen LogP contribution in [-0.2, 0) is 14.3 Å². The number of carbonyl (C=O) groups is 1. The van der Waals surface area contributed by atoms with Gasteiger partial charge < -0.3 is 40.3 Å². The molecule has 0 radical (unpaired) electrons. The fourth-order valence-electron chi connectivity index (χ4n) is 10.0. The van der Waals surface area contributed by atoms with Crippen molar-refractivity contribution in [1.82, 2.24) is 5.32 Å². The van der Waals surface area contributed by atoms with Gasteiger partial charge in [-0.15, -0.1) is 0 Å². The van der Waals surface area contributed by atoms with E-state index in [2.05, 4.69) is 31.3 Å². The standard InChI is InChI=1S/C60H117NO8/c1-3-5-7-9-11-13-15-17-19-20-21-22-23-24-25-26-27-28-29-30-31-32-33-34-36-37-39-41-43-45-47-49-54(63)53(52-68-60-59(67)58(66)57(65)55(51-62)69-60)61-56(64)50-48-46-44-42-40-38-35-18-16-14-12-10-8-6-4-2/h18,35,53-55,57-60,62-63,65-67H,3-17,19-34,36-52H2,1-2H3,(H,61,64)/b35-18-. The minimum atomic E-state index is -1.55. The number of ether oxygens (including phenoxy) is 2. The fraction of sp³-hybridized carbons (Fsp3) is 0.950. The number of aliphatic hydroxyl groups is 5. The van der Waals surface area contributed by atoms with Crippen molar-refractivity contribution in [2.75, 3.05) is 13.2 Å². The number of aliphatic hydroxyl groups excluding tert-OH is 5. The maximum absolute atomic E-state index is 13.0. The number of allylic oxidation sites excluding steroid dienone is 2. The third kappa shape index (κ3) is 40.1. The van der Waals surface area contributed by atoms with Crippen LogP contribution in [0.25, 0.3) is 0 Å². The molecule has 0 aliphatic carbocycles. The van der Waals surface area contributed by atoms with Gasteiger partial charge in [-0.3, -0.25) is 4.79 Å². The second kappa shape index (κ2) is 50.5. The van der Waals surface area contributed by atoms with E-state index in [1.54, 1.807) is 0 Å². The highest BCUT2D eigenvalue weighted by atomic mass is 16.7. The molecule has 9 heteroatoms. The average molecular weight is 981 g/mol. The molecule has 6 N–H and O–H groups in total. The molecule has 9 nitrogen and oxygen atoms in total. The zero-order valence-electron chi connectivity index (χ0n) is 45.6. The van der Waals surface area contributed by atoms with Gasteiger partial charge in [0, 0.05) is 6.42 Å². The second-order valence-corrected chi connectivity index (χ2v) is 21.5. The quantitative estimate of drug-likeness (QED) is 0.0261. The van der Waals surface area contributed by atoms with Crippen LogP contribution in [0.1, 0.15) is 309 Å². The maximum atomic E-state index is 13.0. The lowest BCUT2D eigenvalue weighted by atomic mass is 9.99. The molecular formula is C60H117NO8. The van der Waals surface area contributed by atoms with Crippen LogP contribution in [0.3, 0.4) is 0 Å². The van der Waals surface area contributed by atoms with E-state index in [4.69, 9.17) is 9.47 Å². The monoisotopic (exact) mass is 980 g/mol. The molecule has 0 spiro atoms. The van der Waals surface area contributed by atoms with Crippen LogP contribution in [-0.4, -0.2) is 87.5 Å². The van der Waals surface area contributed by atoms with Gasteiger partial charge in [0.2, 0.25) is 5.91 Å². The Morgan fingerprint density at radius 1 is 0.478 bits per heavy atom. The summed E-state index contributed by atoms with van der Waals surface area (Å²) in [7, 11) is 0. The van der Waals surface area contributed by atoms with E-state index in [1.807, 2.05) is 0 Å². The van der Waals surface area contributed by atoms with Crippen molar-refractivity contribution < 1.29 is 39.8 Å². The van der Waals surface area contributed by atoms with Crippen LogP contribution in [0.5, 0.6) is 0 Å². The minimum Gasteiger partial charge on any atom is -0.394 e. The lowest BCUT2D eigenvalue weighted by Gasteiger charge is -2.40. The molecule has 1 amide bonds. The van der Waals surface area contributed by atoms with Crippen LogP contribution in [0.15, 0.2) is 12.2 Å². The highest BCUT2D eigenvalue weighted by molar-refractivity contribution is 5.76. The highest BCUT2D eigenvalue weighted by Crippen LogP contribution is 2.23. The highest BCUT2D eigenvalue weighted by Gasteiger charge is 2.44. The number of rotatable bonds is 53. The molecule has 1 fully saturated rings. The minimum absolute atomic E-state index is 0.137. The fourth-order valence-corrected chi connectivity index (χ4v) is 10.0. The summed E-state index contributed by atoms with van der Waals surface area (Å²) in [5, 5.41) is 54.7. The molecule has 7 atom stereocenters. The zero-order chi connectivity index (χ0) is 50.1. The lowest BCUT2D eigenvalue weighted by Crippen LogP contribution is -2.60. The number of amides is 1. The van der Waals surface area contributed by atoms with Crippen LogP contribution in [0, 0.1) is 0 Å². The molecule has 0 aromatic carbocycles. The summed E-state index contributed by atoms with van der Waals surface area (Å²) >= 11 is 0. The molecule has 0 saturated carbocycles. The summed E-state index contributed by atoms with van der Waals surface area (Å²) < 4.78 is 11.3. The molecule has 0 aromatic rings. The largest absolute Gasteiger partial charge is 0.394 e. The van der Waals surface area contributed by atoms with Crippen LogP contribution < -0.4 is 5.32 Å². The summed E-state index contributed by atoms with van der Waals surface area (Å²) in [4.78, 5) is 13.0. The van der Waals surface area contributed by atoms with E-state index in [0.717, 1.165) is 51.4 Å². The third-order valence-electron chi connectivity index (χ3n) is 14.9. The van der Waals surface area contributed by atoms with Gasteiger partial charge in [0.15, 0.2) is 6.29 Å². The Hall–Kier alpha value is -1.07. The molecule has 410 valence electrons. The van der Waals surface area contributed by atoms with Gasteiger partial charge in [0.1, 0.15) is 24.4 Å². The van der Waals surface area contributed by atoms with Crippen molar-refractivity contribution in [3.05, 3.63) is 12.2 Å². The van der Waals surface area contributed by atoms with Crippen molar-refractivity contribution in [1.29, 1.82) is 0 Å². The van der Waals surface area contributed by atoms with Crippen LogP contribution in [0.2, 0.25) is 0 Å². The molecule has 1 saturated heterocycles. The van der Waals surface area contributed by atoms with E-state index in [0.29, 0.717) is 12.8 Å². The lowest BCUT2D eigenvalue weighted by molar-refractivity contribution is -0.302. The van der Waals surface area contributed by atoms with Crippen molar-refractivity contribution in [3.63, 3.8) is 0 Å². The SMILES string of the molecule is CCCCCCCC/C=C\CCCCCCCC(=O)NC(COC1OC(CO)C(O)C(O)C1O)C(O)CCCCCCCCCCCCCCCCCCCCCCCCCCCCCCCCC.